The standard InChI is InChI=1S/C51H40N2O2/c1-51(2)43-18-8-10-20-45(43)53(46-21-11-9-19-44(46)51)37-31-40(50-42(32-37)39-17-7-13-23-48(39)55-50)33-24-26-35(27-25-33)52(34-14-4-3-5-15-34)36-28-29-49-41(30-36)38-16-6-12-22-47(38)54-49/h3-5,7-11,13-21,23-32,47H,6,12,22H2,1-2H3. The third-order valence-electron chi connectivity index (χ3n) is 12.0. The van der Waals surface area contributed by atoms with Gasteiger partial charge < -0.3 is 19.0 Å². The number of furan rings is 1. The summed E-state index contributed by atoms with van der Waals surface area (Å²) in [5.41, 5.74) is 15.8. The maximum absolute atomic E-state index is 6.71. The van der Waals surface area contributed by atoms with Crippen molar-refractivity contribution in [2.75, 3.05) is 9.80 Å². The topological polar surface area (TPSA) is 28.9 Å². The predicted octanol–water partition coefficient (Wildman–Crippen LogP) is 14.2. The Morgan fingerprint density at radius 2 is 1.29 bits per heavy atom. The van der Waals surface area contributed by atoms with Gasteiger partial charge in [-0.3, -0.25) is 0 Å². The van der Waals surface area contributed by atoms with Crippen molar-refractivity contribution < 1.29 is 9.15 Å². The van der Waals surface area contributed by atoms with Crippen LogP contribution in [0.25, 0.3) is 38.6 Å². The first-order valence-corrected chi connectivity index (χ1v) is 19.4. The number of ether oxygens (including phenoxy) is 1. The van der Waals surface area contributed by atoms with Gasteiger partial charge in [-0.2, -0.15) is 0 Å². The molecule has 8 aromatic rings. The van der Waals surface area contributed by atoms with Crippen LogP contribution in [0.2, 0.25) is 0 Å². The first-order valence-electron chi connectivity index (χ1n) is 19.4. The SMILES string of the molecule is CC1(C)c2ccccc2N(c2cc(-c3ccc(N(c4ccccc4)c4ccc5c(c4)C4=CCCCC4O5)cc3)c3oc4ccccc4c3c2)c2ccccc21. The van der Waals surface area contributed by atoms with Crippen LogP contribution in [0.5, 0.6) is 5.75 Å². The van der Waals surface area contributed by atoms with Crippen molar-refractivity contribution in [3.63, 3.8) is 0 Å². The van der Waals surface area contributed by atoms with Crippen LogP contribution in [0.3, 0.4) is 0 Å². The molecular weight excluding hydrogens is 673 g/mol. The van der Waals surface area contributed by atoms with E-state index in [1.165, 1.54) is 40.1 Å². The fraction of sp³-hybridized carbons (Fsp3) is 0.137. The summed E-state index contributed by atoms with van der Waals surface area (Å²) in [6, 6.07) is 57.0. The molecule has 266 valence electrons. The van der Waals surface area contributed by atoms with Gasteiger partial charge in [0.15, 0.2) is 0 Å². The van der Waals surface area contributed by atoms with E-state index in [-0.39, 0.29) is 11.5 Å². The molecular formula is C51H40N2O2. The van der Waals surface area contributed by atoms with Crippen molar-refractivity contribution >= 4 is 61.6 Å². The molecule has 1 aliphatic carbocycles. The van der Waals surface area contributed by atoms with E-state index in [1.54, 1.807) is 0 Å². The monoisotopic (exact) mass is 712 g/mol. The molecule has 7 aromatic carbocycles. The van der Waals surface area contributed by atoms with E-state index in [0.29, 0.717) is 0 Å². The maximum Gasteiger partial charge on any atom is 0.143 e. The van der Waals surface area contributed by atoms with Crippen LogP contribution in [0.4, 0.5) is 34.1 Å². The molecule has 1 unspecified atom stereocenters. The molecule has 1 aromatic heterocycles. The summed E-state index contributed by atoms with van der Waals surface area (Å²) in [5, 5.41) is 2.22. The number of nitrogens with zero attached hydrogens (tertiary/aromatic N) is 2. The molecule has 0 N–H and O–H groups in total. The van der Waals surface area contributed by atoms with Gasteiger partial charge in [-0.05, 0) is 114 Å². The zero-order chi connectivity index (χ0) is 36.7. The summed E-state index contributed by atoms with van der Waals surface area (Å²) in [6.45, 7) is 4.67. The minimum Gasteiger partial charge on any atom is -0.485 e. The molecule has 0 amide bonds. The fourth-order valence-corrected chi connectivity index (χ4v) is 9.31. The van der Waals surface area contributed by atoms with Crippen LogP contribution >= 0.6 is 0 Å². The molecule has 0 radical (unpaired) electrons. The molecule has 0 bridgehead atoms. The van der Waals surface area contributed by atoms with Crippen molar-refractivity contribution in [3.05, 3.63) is 180 Å². The van der Waals surface area contributed by atoms with Crippen molar-refractivity contribution in [2.45, 2.75) is 44.6 Å². The highest BCUT2D eigenvalue weighted by Crippen LogP contribution is 2.53. The van der Waals surface area contributed by atoms with E-state index < -0.39 is 0 Å². The minimum absolute atomic E-state index is 0.139. The van der Waals surface area contributed by atoms with Crippen molar-refractivity contribution in [2.24, 2.45) is 0 Å². The molecule has 1 atom stereocenters. The molecule has 3 aliphatic rings. The van der Waals surface area contributed by atoms with Gasteiger partial charge in [-0.15, -0.1) is 0 Å². The van der Waals surface area contributed by atoms with E-state index in [1.807, 2.05) is 6.07 Å². The number of fused-ring (bicyclic) bond motifs is 8. The molecule has 2 aliphatic heterocycles. The Labute approximate surface area is 321 Å². The lowest BCUT2D eigenvalue weighted by atomic mass is 9.73. The molecule has 4 nitrogen and oxygen atoms in total. The van der Waals surface area contributed by atoms with Gasteiger partial charge in [0, 0.05) is 50.1 Å². The number of hydrogen-bond donors (Lipinski definition) is 0. The lowest BCUT2D eigenvalue weighted by molar-refractivity contribution is 0.257. The van der Waals surface area contributed by atoms with Crippen molar-refractivity contribution in [3.8, 4) is 16.9 Å². The van der Waals surface area contributed by atoms with Crippen LogP contribution in [0.1, 0.15) is 49.8 Å². The summed E-state index contributed by atoms with van der Waals surface area (Å²) in [5.74, 6) is 0.988. The fourth-order valence-electron chi connectivity index (χ4n) is 9.31. The van der Waals surface area contributed by atoms with Gasteiger partial charge in [0.25, 0.3) is 0 Å². The highest BCUT2D eigenvalue weighted by molar-refractivity contribution is 6.12. The van der Waals surface area contributed by atoms with Gasteiger partial charge in [-0.1, -0.05) is 105 Å². The smallest absolute Gasteiger partial charge is 0.143 e. The summed E-state index contributed by atoms with van der Waals surface area (Å²) >= 11 is 0. The van der Waals surface area contributed by atoms with Gasteiger partial charge >= 0.3 is 0 Å². The van der Waals surface area contributed by atoms with Crippen LogP contribution in [-0.2, 0) is 5.41 Å². The second kappa shape index (κ2) is 12.3. The number of rotatable bonds is 5. The molecule has 0 fully saturated rings. The predicted molar refractivity (Wildman–Crippen MR) is 227 cm³/mol. The summed E-state index contributed by atoms with van der Waals surface area (Å²) in [7, 11) is 0. The number of para-hydroxylation sites is 4. The van der Waals surface area contributed by atoms with E-state index in [4.69, 9.17) is 9.15 Å². The maximum atomic E-state index is 6.71. The Morgan fingerprint density at radius 1 is 0.618 bits per heavy atom. The Morgan fingerprint density at radius 3 is 2.07 bits per heavy atom. The van der Waals surface area contributed by atoms with Crippen LogP contribution < -0.4 is 14.5 Å². The third kappa shape index (κ3) is 4.98. The van der Waals surface area contributed by atoms with Crippen LogP contribution in [0, 0.1) is 0 Å². The average Bonchev–Trinajstić information content (AvgIpc) is 3.80. The number of benzene rings is 7. The molecule has 0 saturated heterocycles. The number of hydrogen-bond acceptors (Lipinski definition) is 4. The van der Waals surface area contributed by atoms with Crippen LogP contribution in [0.15, 0.2) is 168 Å². The molecule has 0 saturated carbocycles. The Balaban J connectivity index is 1.07. The number of anilines is 6. The summed E-state index contributed by atoms with van der Waals surface area (Å²) in [6.07, 6.45) is 5.91. The zero-order valence-electron chi connectivity index (χ0n) is 31.0. The molecule has 3 heterocycles. The molecule has 4 heteroatoms. The second-order valence-corrected chi connectivity index (χ2v) is 15.6. The Kier molecular flexibility index (Phi) is 7.12. The van der Waals surface area contributed by atoms with Gasteiger partial charge in [0.2, 0.25) is 0 Å². The largest absolute Gasteiger partial charge is 0.485 e. The Bertz CT molecular complexity index is 2760. The highest BCUT2D eigenvalue weighted by atomic mass is 16.5. The average molecular weight is 713 g/mol. The van der Waals surface area contributed by atoms with Crippen molar-refractivity contribution in [1.82, 2.24) is 0 Å². The minimum atomic E-state index is -0.139. The molecule has 55 heavy (non-hydrogen) atoms. The highest BCUT2D eigenvalue weighted by Gasteiger charge is 2.37. The summed E-state index contributed by atoms with van der Waals surface area (Å²) in [4.78, 5) is 4.79. The molecule has 0 spiro atoms. The van der Waals surface area contributed by atoms with Crippen molar-refractivity contribution in [1.29, 1.82) is 0 Å². The second-order valence-electron chi connectivity index (χ2n) is 15.6. The third-order valence-corrected chi connectivity index (χ3v) is 12.0. The lowest BCUT2D eigenvalue weighted by Crippen LogP contribution is -2.30. The van der Waals surface area contributed by atoms with Gasteiger partial charge in [0.05, 0.1) is 11.4 Å². The van der Waals surface area contributed by atoms with Gasteiger partial charge in [-0.25, -0.2) is 0 Å². The van der Waals surface area contributed by atoms with E-state index in [9.17, 15) is 0 Å². The Hall–Kier alpha value is -6.52. The first-order chi connectivity index (χ1) is 27.0. The number of allylic oxidation sites excluding steroid dienone is 1. The van der Waals surface area contributed by atoms with E-state index >= 15 is 0 Å². The quantitative estimate of drug-likeness (QED) is 0.178. The lowest BCUT2D eigenvalue weighted by Gasteiger charge is -2.42. The zero-order valence-corrected chi connectivity index (χ0v) is 31.0. The molecule has 11 rings (SSSR count). The normalized spacial score (nSPS) is 16.5. The van der Waals surface area contributed by atoms with Crippen LogP contribution in [-0.4, -0.2) is 6.10 Å². The van der Waals surface area contributed by atoms with E-state index in [0.717, 1.165) is 74.4 Å². The first kappa shape index (κ1) is 32.0. The van der Waals surface area contributed by atoms with E-state index in [2.05, 4.69) is 181 Å². The summed E-state index contributed by atoms with van der Waals surface area (Å²) < 4.78 is 13.1. The van der Waals surface area contributed by atoms with Gasteiger partial charge in [0.1, 0.15) is 23.0 Å².